The van der Waals surface area contributed by atoms with Crippen LogP contribution in [0.1, 0.15) is 36.9 Å². The van der Waals surface area contributed by atoms with Gasteiger partial charge in [-0.3, -0.25) is 14.5 Å². The van der Waals surface area contributed by atoms with Crippen LogP contribution in [0, 0.1) is 5.82 Å². The van der Waals surface area contributed by atoms with Gasteiger partial charge in [0.05, 0.1) is 28.4 Å². The monoisotopic (exact) mass is 536 g/mol. The van der Waals surface area contributed by atoms with Crippen molar-refractivity contribution in [3.8, 4) is 5.75 Å². The second-order valence-electron chi connectivity index (χ2n) is 8.56. The Balaban J connectivity index is 1.65. The van der Waals surface area contributed by atoms with E-state index in [0.29, 0.717) is 38.7 Å². The number of rotatable bonds is 7. The summed E-state index contributed by atoms with van der Waals surface area (Å²) in [4.78, 5) is 32.5. The molecule has 6 nitrogen and oxygen atoms in total. The van der Waals surface area contributed by atoms with E-state index in [1.165, 1.54) is 23.1 Å². The number of amides is 1. The summed E-state index contributed by atoms with van der Waals surface area (Å²) < 4.78 is 20.1. The molecule has 1 N–H and O–H groups in total. The molecule has 1 aromatic heterocycles. The summed E-state index contributed by atoms with van der Waals surface area (Å²) in [5.41, 5.74) is 1.26. The van der Waals surface area contributed by atoms with Gasteiger partial charge in [-0.15, -0.1) is 0 Å². The number of benzene rings is 3. The molecule has 5 rings (SSSR count). The Hall–Kier alpha value is -3.75. The molecular weight excluding hydrogens is 515 g/mol. The zero-order valence-electron chi connectivity index (χ0n) is 19.8. The number of aliphatic hydroxyl groups is 1. The van der Waals surface area contributed by atoms with Gasteiger partial charge in [-0.1, -0.05) is 60.5 Å². The highest BCUT2D eigenvalue weighted by molar-refractivity contribution is 7.22. The van der Waals surface area contributed by atoms with Gasteiger partial charge >= 0.3 is 5.91 Å². The molecule has 1 unspecified atom stereocenters. The lowest BCUT2D eigenvalue weighted by Crippen LogP contribution is -2.29. The number of carbonyl (C=O) groups is 2. The number of ether oxygens (including phenoxy) is 1. The van der Waals surface area contributed by atoms with E-state index in [9.17, 15) is 19.1 Å². The van der Waals surface area contributed by atoms with Crippen molar-refractivity contribution >= 4 is 55.7 Å². The van der Waals surface area contributed by atoms with Crippen molar-refractivity contribution in [3.05, 3.63) is 94.3 Å². The Labute approximate surface area is 221 Å². The number of aliphatic hydroxyl groups excluding tert-OH is 1. The third-order valence-corrected chi connectivity index (χ3v) is 7.28. The van der Waals surface area contributed by atoms with Gasteiger partial charge in [-0.25, -0.2) is 9.37 Å². The van der Waals surface area contributed by atoms with Crippen LogP contribution in [-0.2, 0) is 9.59 Å². The summed E-state index contributed by atoms with van der Waals surface area (Å²) in [7, 11) is 0. The minimum atomic E-state index is -0.992. The molecule has 0 aliphatic carbocycles. The first-order valence-corrected chi connectivity index (χ1v) is 12.9. The lowest BCUT2D eigenvalue weighted by Gasteiger charge is -2.23. The Morgan fingerprint density at radius 3 is 2.73 bits per heavy atom. The average molecular weight is 537 g/mol. The molecule has 188 valence electrons. The number of hydrogen-bond donors (Lipinski definition) is 1. The molecule has 0 radical (unpaired) electrons. The van der Waals surface area contributed by atoms with Gasteiger partial charge in [0, 0.05) is 10.6 Å². The van der Waals surface area contributed by atoms with Gasteiger partial charge in [0.25, 0.3) is 5.78 Å². The molecule has 1 aliphatic heterocycles. The molecule has 0 spiro atoms. The first kappa shape index (κ1) is 24.9. The molecule has 1 aliphatic rings. The summed E-state index contributed by atoms with van der Waals surface area (Å²) in [5.74, 6) is -1.93. The summed E-state index contributed by atoms with van der Waals surface area (Å²) >= 11 is 7.34. The number of nitrogens with zero attached hydrogens (tertiary/aromatic N) is 2. The maximum absolute atomic E-state index is 13.8. The lowest BCUT2D eigenvalue weighted by atomic mass is 9.95. The summed E-state index contributed by atoms with van der Waals surface area (Å²) in [6.07, 6.45) is 1.85. The minimum absolute atomic E-state index is 0.0941. The standard InChI is InChI=1S/C28H22ClFN2O4S/c1-2-3-12-36-20-9-5-7-17(14-20)25(33)23-24(16-6-4-8-18(29)13-16)32(27(35)26(23)34)28-31-21-11-10-19(30)15-22(21)37-28/h4-11,13-15,24,33H,2-3,12H2,1H3. The molecule has 1 fully saturated rings. The van der Waals surface area contributed by atoms with Crippen LogP contribution in [-0.4, -0.2) is 28.4 Å². The van der Waals surface area contributed by atoms with E-state index in [2.05, 4.69) is 11.9 Å². The molecule has 0 bridgehead atoms. The van der Waals surface area contributed by atoms with Crippen LogP contribution in [0.15, 0.2) is 72.3 Å². The van der Waals surface area contributed by atoms with E-state index in [-0.39, 0.29) is 16.5 Å². The van der Waals surface area contributed by atoms with Gasteiger partial charge in [-0.2, -0.15) is 0 Å². The van der Waals surface area contributed by atoms with Crippen molar-refractivity contribution in [2.24, 2.45) is 0 Å². The summed E-state index contributed by atoms with van der Waals surface area (Å²) in [5, 5.41) is 12.0. The van der Waals surface area contributed by atoms with Crippen LogP contribution in [0.2, 0.25) is 5.02 Å². The molecule has 1 amide bonds. The van der Waals surface area contributed by atoms with Crippen LogP contribution in [0.5, 0.6) is 5.75 Å². The highest BCUT2D eigenvalue weighted by atomic mass is 35.5. The highest BCUT2D eigenvalue weighted by Crippen LogP contribution is 2.44. The molecular formula is C28H22ClFN2O4S. The SMILES string of the molecule is CCCCOc1cccc(C(O)=C2C(=O)C(=O)N(c3nc4ccc(F)cc4s3)C2c2cccc(Cl)c2)c1. The Kier molecular flexibility index (Phi) is 6.95. The van der Waals surface area contributed by atoms with Gasteiger partial charge in [0.15, 0.2) is 5.13 Å². The molecule has 37 heavy (non-hydrogen) atoms. The largest absolute Gasteiger partial charge is 0.507 e. The number of halogens is 2. The molecule has 9 heteroatoms. The maximum Gasteiger partial charge on any atom is 0.301 e. The van der Waals surface area contributed by atoms with Gasteiger partial charge < -0.3 is 9.84 Å². The van der Waals surface area contributed by atoms with Crippen LogP contribution >= 0.6 is 22.9 Å². The van der Waals surface area contributed by atoms with Crippen molar-refractivity contribution in [3.63, 3.8) is 0 Å². The van der Waals surface area contributed by atoms with Crippen LogP contribution in [0.3, 0.4) is 0 Å². The second-order valence-corrected chi connectivity index (χ2v) is 10.0. The molecule has 1 saturated heterocycles. The molecule has 1 atom stereocenters. The van der Waals surface area contributed by atoms with E-state index < -0.39 is 23.5 Å². The molecule has 3 aromatic carbocycles. The third-order valence-electron chi connectivity index (χ3n) is 6.03. The summed E-state index contributed by atoms with van der Waals surface area (Å²) in [6, 6.07) is 16.6. The summed E-state index contributed by atoms with van der Waals surface area (Å²) in [6.45, 7) is 2.58. The van der Waals surface area contributed by atoms with Crippen LogP contribution in [0.4, 0.5) is 9.52 Å². The highest BCUT2D eigenvalue weighted by Gasteiger charge is 2.48. The number of anilines is 1. The van der Waals surface area contributed by atoms with Gasteiger partial charge in [0.2, 0.25) is 0 Å². The van der Waals surface area contributed by atoms with Crippen molar-refractivity contribution in [1.29, 1.82) is 0 Å². The number of ketones is 1. The number of fused-ring (bicyclic) bond motifs is 1. The number of aromatic nitrogens is 1. The number of hydrogen-bond acceptors (Lipinski definition) is 6. The zero-order valence-corrected chi connectivity index (χ0v) is 21.4. The van der Waals surface area contributed by atoms with Crippen molar-refractivity contribution in [2.75, 3.05) is 11.5 Å². The van der Waals surface area contributed by atoms with Crippen LogP contribution < -0.4 is 9.64 Å². The minimum Gasteiger partial charge on any atom is -0.507 e. The number of Topliss-reactive ketones (excluding diaryl/α,β-unsaturated/α-hetero) is 1. The predicted octanol–water partition coefficient (Wildman–Crippen LogP) is 6.89. The second kappa shape index (κ2) is 10.3. The van der Waals surface area contributed by atoms with Crippen molar-refractivity contribution in [2.45, 2.75) is 25.8 Å². The number of thiazole rings is 1. The molecule has 0 saturated carbocycles. The van der Waals surface area contributed by atoms with Crippen molar-refractivity contribution < 1.29 is 23.8 Å². The van der Waals surface area contributed by atoms with Gasteiger partial charge in [-0.05, 0) is 54.4 Å². The zero-order chi connectivity index (χ0) is 26.1. The van der Waals surface area contributed by atoms with E-state index in [1.807, 2.05) is 0 Å². The van der Waals surface area contributed by atoms with E-state index in [1.54, 1.807) is 48.5 Å². The third kappa shape index (κ3) is 4.82. The normalized spacial score (nSPS) is 17.1. The van der Waals surface area contributed by atoms with Gasteiger partial charge in [0.1, 0.15) is 17.3 Å². The van der Waals surface area contributed by atoms with Crippen LogP contribution in [0.25, 0.3) is 16.0 Å². The maximum atomic E-state index is 13.8. The topological polar surface area (TPSA) is 79.7 Å². The van der Waals surface area contributed by atoms with E-state index >= 15 is 0 Å². The van der Waals surface area contributed by atoms with Crippen molar-refractivity contribution in [1.82, 2.24) is 4.98 Å². The Bertz CT molecular complexity index is 1550. The number of unbranched alkanes of at least 4 members (excludes halogenated alkanes) is 1. The average Bonchev–Trinajstić information content (AvgIpc) is 3.41. The molecule has 4 aromatic rings. The quantitative estimate of drug-likeness (QED) is 0.120. The van der Waals surface area contributed by atoms with E-state index in [4.69, 9.17) is 16.3 Å². The fraction of sp³-hybridized carbons (Fsp3) is 0.179. The predicted molar refractivity (Wildman–Crippen MR) is 143 cm³/mol. The lowest BCUT2D eigenvalue weighted by molar-refractivity contribution is -0.132. The fourth-order valence-corrected chi connectivity index (χ4v) is 5.45. The Morgan fingerprint density at radius 1 is 1.14 bits per heavy atom. The number of carbonyl (C=O) groups excluding carboxylic acids is 2. The smallest absolute Gasteiger partial charge is 0.301 e. The fourth-order valence-electron chi connectivity index (χ4n) is 4.23. The Morgan fingerprint density at radius 2 is 1.95 bits per heavy atom. The first-order valence-electron chi connectivity index (χ1n) is 11.7. The molecule has 2 heterocycles. The first-order chi connectivity index (χ1) is 17.9. The van der Waals surface area contributed by atoms with E-state index in [0.717, 1.165) is 24.2 Å².